The highest BCUT2D eigenvalue weighted by atomic mass is 19.1. The van der Waals surface area contributed by atoms with Gasteiger partial charge >= 0.3 is 5.97 Å². The highest BCUT2D eigenvalue weighted by molar-refractivity contribution is 6.03. The van der Waals surface area contributed by atoms with Gasteiger partial charge in [0.15, 0.2) is 0 Å². The third-order valence-corrected chi connectivity index (χ3v) is 2.18. The first kappa shape index (κ1) is 8.74. The molecule has 1 aromatic heterocycles. The van der Waals surface area contributed by atoms with Crippen LogP contribution in [0, 0.1) is 12.7 Å². The van der Waals surface area contributed by atoms with Crippen molar-refractivity contribution in [3.63, 3.8) is 0 Å². The van der Waals surface area contributed by atoms with Crippen molar-refractivity contribution in [2.24, 2.45) is 0 Å². The first-order valence-electron chi connectivity index (χ1n) is 4.10. The first-order valence-corrected chi connectivity index (χ1v) is 4.10. The molecule has 0 aliphatic rings. The van der Waals surface area contributed by atoms with Crippen LogP contribution in [-0.2, 0) is 0 Å². The number of carbonyl (C=O) groups is 1. The number of fused-ring (bicyclic) bond motifs is 1. The van der Waals surface area contributed by atoms with Crippen LogP contribution in [0.25, 0.3) is 10.9 Å². The van der Waals surface area contributed by atoms with Crippen LogP contribution in [-0.4, -0.2) is 16.1 Å². The van der Waals surface area contributed by atoms with E-state index in [-0.39, 0.29) is 5.56 Å². The van der Waals surface area contributed by atoms with Gasteiger partial charge in [0.25, 0.3) is 0 Å². The minimum absolute atomic E-state index is 0.0996. The van der Waals surface area contributed by atoms with Gasteiger partial charge in [-0.05, 0) is 24.6 Å². The summed E-state index contributed by atoms with van der Waals surface area (Å²) in [5.74, 6) is -1.47. The van der Waals surface area contributed by atoms with Crippen LogP contribution in [0.1, 0.15) is 15.9 Å². The minimum Gasteiger partial charge on any atom is -0.478 e. The molecule has 72 valence electrons. The molecule has 0 aliphatic heterocycles. The SMILES string of the molecule is Cc1cc(F)cc2c(C(=O)O)c[nH]c12. The fourth-order valence-electron chi connectivity index (χ4n) is 1.55. The Bertz CT molecular complexity index is 516. The van der Waals surface area contributed by atoms with Crippen molar-refractivity contribution in [2.75, 3.05) is 0 Å². The lowest BCUT2D eigenvalue weighted by molar-refractivity contribution is 0.0699. The maximum Gasteiger partial charge on any atom is 0.337 e. The van der Waals surface area contributed by atoms with Crippen molar-refractivity contribution in [3.05, 3.63) is 35.3 Å². The smallest absolute Gasteiger partial charge is 0.337 e. The predicted octanol–water partition coefficient (Wildman–Crippen LogP) is 2.31. The predicted molar refractivity (Wildman–Crippen MR) is 50.0 cm³/mol. The van der Waals surface area contributed by atoms with Crippen molar-refractivity contribution in [3.8, 4) is 0 Å². The molecule has 2 rings (SSSR count). The number of rotatable bonds is 1. The van der Waals surface area contributed by atoms with Crippen molar-refractivity contribution in [1.29, 1.82) is 0 Å². The van der Waals surface area contributed by atoms with E-state index in [9.17, 15) is 9.18 Å². The van der Waals surface area contributed by atoms with E-state index in [0.717, 1.165) is 0 Å². The molecule has 0 unspecified atom stereocenters. The monoisotopic (exact) mass is 193 g/mol. The first-order chi connectivity index (χ1) is 6.59. The van der Waals surface area contributed by atoms with Gasteiger partial charge in [-0.25, -0.2) is 9.18 Å². The summed E-state index contributed by atoms with van der Waals surface area (Å²) in [5, 5.41) is 9.22. The van der Waals surface area contributed by atoms with Gasteiger partial charge < -0.3 is 10.1 Å². The topological polar surface area (TPSA) is 53.1 Å². The molecule has 0 bridgehead atoms. The van der Waals surface area contributed by atoms with E-state index < -0.39 is 11.8 Å². The molecule has 0 saturated heterocycles. The van der Waals surface area contributed by atoms with Gasteiger partial charge in [-0.2, -0.15) is 0 Å². The van der Waals surface area contributed by atoms with Gasteiger partial charge in [0, 0.05) is 17.1 Å². The molecule has 0 atom stereocenters. The molecule has 3 nitrogen and oxygen atoms in total. The van der Waals surface area contributed by atoms with E-state index in [2.05, 4.69) is 4.98 Å². The van der Waals surface area contributed by atoms with Crippen LogP contribution < -0.4 is 0 Å². The zero-order chi connectivity index (χ0) is 10.3. The van der Waals surface area contributed by atoms with Gasteiger partial charge in [-0.3, -0.25) is 0 Å². The number of carboxylic acid groups (broad SMARTS) is 1. The molecule has 0 spiro atoms. The highest BCUT2D eigenvalue weighted by Crippen LogP contribution is 2.22. The number of hydrogen-bond acceptors (Lipinski definition) is 1. The van der Waals surface area contributed by atoms with Gasteiger partial charge in [-0.15, -0.1) is 0 Å². The Hall–Kier alpha value is -1.84. The number of aromatic carboxylic acids is 1. The molecule has 0 fully saturated rings. The summed E-state index contributed by atoms with van der Waals surface area (Å²) >= 11 is 0. The normalized spacial score (nSPS) is 10.7. The Balaban J connectivity index is 2.85. The third kappa shape index (κ3) is 1.16. The lowest BCUT2D eigenvalue weighted by atomic mass is 10.1. The summed E-state index contributed by atoms with van der Waals surface area (Å²) in [6.45, 7) is 1.73. The Morgan fingerprint density at radius 3 is 2.86 bits per heavy atom. The highest BCUT2D eigenvalue weighted by Gasteiger charge is 2.12. The maximum atomic E-state index is 13.0. The van der Waals surface area contributed by atoms with Gasteiger partial charge in [0.2, 0.25) is 0 Å². The van der Waals surface area contributed by atoms with Crippen LogP contribution in [0.4, 0.5) is 4.39 Å². The zero-order valence-corrected chi connectivity index (χ0v) is 7.47. The summed E-state index contributed by atoms with van der Waals surface area (Å²) in [6, 6.07) is 2.59. The van der Waals surface area contributed by atoms with Crippen LogP contribution in [0.5, 0.6) is 0 Å². The molecule has 0 amide bonds. The van der Waals surface area contributed by atoms with Crippen LogP contribution in [0.3, 0.4) is 0 Å². The van der Waals surface area contributed by atoms with Crippen LogP contribution in [0.2, 0.25) is 0 Å². The second-order valence-corrected chi connectivity index (χ2v) is 3.15. The Morgan fingerprint density at radius 2 is 2.21 bits per heavy atom. The molecule has 0 radical (unpaired) electrons. The molecule has 0 saturated carbocycles. The van der Waals surface area contributed by atoms with E-state index in [4.69, 9.17) is 5.11 Å². The van der Waals surface area contributed by atoms with Crippen molar-refractivity contribution in [1.82, 2.24) is 4.98 Å². The number of aromatic nitrogens is 1. The molecule has 1 heterocycles. The average Bonchev–Trinajstić information content (AvgIpc) is 2.47. The number of nitrogens with one attached hydrogen (secondary N) is 1. The third-order valence-electron chi connectivity index (χ3n) is 2.18. The standard InChI is InChI=1S/C10H8FNO2/c1-5-2-6(11)3-7-8(10(13)14)4-12-9(5)7/h2-4,12H,1H3,(H,13,14). The summed E-state index contributed by atoms with van der Waals surface area (Å²) < 4.78 is 13.0. The number of aromatic amines is 1. The van der Waals surface area contributed by atoms with E-state index in [1.165, 1.54) is 18.3 Å². The van der Waals surface area contributed by atoms with Crippen LogP contribution >= 0.6 is 0 Å². The van der Waals surface area contributed by atoms with Crippen molar-refractivity contribution >= 4 is 16.9 Å². The average molecular weight is 193 g/mol. The maximum absolute atomic E-state index is 13.0. The lowest BCUT2D eigenvalue weighted by Crippen LogP contribution is -1.94. The molecule has 2 N–H and O–H groups in total. The molecule has 14 heavy (non-hydrogen) atoms. The lowest BCUT2D eigenvalue weighted by Gasteiger charge is -1.97. The largest absolute Gasteiger partial charge is 0.478 e. The van der Waals surface area contributed by atoms with E-state index in [1.807, 2.05) is 0 Å². The number of hydrogen-bond donors (Lipinski definition) is 2. The fourth-order valence-corrected chi connectivity index (χ4v) is 1.55. The number of benzene rings is 1. The quantitative estimate of drug-likeness (QED) is 0.730. The van der Waals surface area contributed by atoms with Gasteiger partial charge in [0.05, 0.1) is 5.56 Å². The molecular formula is C10H8FNO2. The number of carboxylic acids is 1. The summed E-state index contributed by atoms with van der Waals surface area (Å²) in [4.78, 5) is 13.6. The second-order valence-electron chi connectivity index (χ2n) is 3.15. The van der Waals surface area contributed by atoms with Gasteiger partial charge in [-0.1, -0.05) is 0 Å². The number of aryl methyl sites for hydroxylation is 1. The molecule has 0 aliphatic carbocycles. The zero-order valence-electron chi connectivity index (χ0n) is 7.47. The number of H-pyrrole nitrogens is 1. The van der Waals surface area contributed by atoms with Crippen molar-refractivity contribution in [2.45, 2.75) is 6.92 Å². The Morgan fingerprint density at radius 1 is 1.50 bits per heavy atom. The minimum atomic E-state index is -1.05. The Labute approximate surface area is 79.2 Å². The summed E-state index contributed by atoms with van der Waals surface area (Å²) in [5.41, 5.74) is 1.47. The van der Waals surface area contributed by atoms with Crippen LogP contribution in [0.15, 0.2) is 18.3 Å². The van der Waals surface area contributed by atoms with E-state index in [1.54, 1.807) is 6.92 Å². The molecule has 4 heteroatoms. The van der Waals surface area contributed by atoms with E-state index in [0.29, 0.717) is 16.5 Å². The summed E-state index contributed by atoms with van der Waals surface area (Å²) in [6.07, 6.45) is 1.37. The molecule has 1 aromatic carbocycles. The van der Waals surface area contributed by atoms with Crippen molar-refractivity contribution < 1.29 is 14.3 Å². The van der Waals surface area contributed by atoms with E-state index >= 15 is 0 Å². The summed E-state index contributed by atoms with van der Waals surface area (Å²) in [7, 11) is 0. The molecule has 2 aromatic rings. The fraction of sp³-hybridized carbons (Fsp3) is 0.100. The molecular weight excluding hydrogens is 185 g/mol. The second kappa shape index (κ2) is 2.83. The Kier molecular flexibility index (Phi) is 1.77. The number of halogens is 1. The van der Waals surface area contributed by atoms with Gasteiger partial charge in [0.1, 0.15) is 5.82 Å².